The van der Waals surface area contributed by atoms with Crippen LogP contribution in [0, 0.1) is 5.92 Å². The largest absolute Gasteiger partial charge is 0.469 e. The molecule has 86 valence electrons. The van der Waals surface area contributed by atoms with E-state index in [9.17, 15) is 4.79 Å². The molecule has 0 amide bonds. The Hall–Kier alpha value is -1.36. The maximum absolute atomic E-state index is 11.0. The molecule has 1 aliphatic rings. The highest BCUT2D eigenvalue weighted by molar-refractivity contribution is 6.29. The molecular formula is C10H12ClN3O2. The number of hydrogen-bond acceptors (Lipinski definition) is 5. The molecule has 2 rings (SSSR count). The smallest absolute Gasteiger partial charge is 0.305 e. The molecule has 1 fully saturated rings. The van der Waals surface area contributed by atoms with Crippen LogP contribution in [0.1, 0.15) is 6.42 Å². The van der Waals surface area contributed by atoms with Gasteiger partial charge >= 0.3 is 5.97 Å². The van der Waals surface area contributed by atoms with E-state index in [2.05, 4.69) is 14.7 Å². The van der Waals surface area contributed by atoms with Crippen molar-refractivity contribution in [2.45, 2.75) is 6.42 Å². The van der Waals surface area contributed by atoms with Gasteiger partial charge in [-0.2, -0.15) is 0 Å². The Morgan fingerprint density at radius 1 is 1.69 bits per heavy atom. The number of methoxy groups -OCH3 is 1. The van der Waals surface area contributed by atoms with E-state index in [4.69, 9.17) is 11.6 Å². The Bertz CT molecular complexity index is 393. The van der Waals surface area contributed by atoms with Gasteiger partial charge in [-0.25, -0.2) is 9.97 Å². The van der Waals surface area contributed by atoms with Gasteiger partial charge in [0.25, 0.3) is 0 Å². The summed E-state index contributed by atoms with van der Waals surface area (Å²) in [7, 11) is 1.40. The number of anilines is 1. The molecule has 6 heteroatoms. The molecule has 0 atom stereocenters. The van der Waals surface area contributed by atoms with Crippen molar-refractivity contribution in [2.24, 2.45) is 5.92 Å². The predicted octanol–water partition coefficient (Wildman–Crippen LogP) is 1.13. The molecule has 1 saturated heterocycles. The molecule has 0 saturated carbocycles. The van der Waals surface area contributed by atoms with E-state index < -0.39 is 0 Å². The molecule has 0 bridgehead atoms. The molecule has 0 unspecified atom stereocenters. The predicted molar refractivity (Wildman–Crippen MR) is 59.4 cm³/mol. The lowest BCUT2D eigenvalue weighted by atomic mass is 9.97. The van der Waals surface area contributed by atoms with Crippen molar-refractivity contribution in [3.05, 3.63) is 17.4 Å². The van der Waals surface area contributed by atoms with E-state index in [0.717, 1.165) is 13.1 Å². The van der Waals surface area contributed by atoms with Gasteiger partial charge in [0.05, 0.1) is 13.5 Å². The van der Waals surface area contributed by atoms with Crippen LogP contribution in [-0.4, -0.2) is 36.1 Å². The average molecular weight is 242 g/mol. The highest BCUT2D eigenvalue weighted by Crippen LogP contribution is 2.24. The summed E-state index contributed by atoms with van der Waals surface area (Å²) in [6, 6.07) is 1.64. The van der Waals surface area contributed by atoms with E-state index in [1.54, 1.807) is 12.3 Å². The fourth-order valence-electron chi connectivity index (χ4n) is 1.66. The molecule has 1 aromatic heterocycles. The third kappa shape index (κ3) is 2.41. The number of ether oxygens (including phenoxy) is 1. The van der Waals surface area contributed by atoms with Crippen molar-refractivity contribution >= 4 is 23.5 Å². The molecule has 0 spiro atoms. The Labute approximate surface area is 98.4 Å². The van der Waals surface area contributed by atoms with Crippen LogP contribution in [0.2, 0.25) is 5.15 Å². The number of carbonyl (C=O) groups excluding carboxylic acids is 1. The number of carbonyl (C=O) groups is 1. The van der Waals surface area contributed by atoms with Gasteiger partial charge in [0, 0.05) is 25.2 Å². The fourth-order valence-corrected chi connectivity index (χ4v) is 1.79. The molecule has 16 heavy (non-hydrogen) atoms. The summed E-state index contributed by atoms with van der Waals surface area (Å²) in [5, 5.41) is 0.432. The number of rotatable bonds is 3. The number of halogens is 1. The number of aromatic nitrogens is 2. The van der Waals surface area contributed by atoms with Gasteiger partial charge in [-0.15, -0.1) is 0 Å². The molecule has 1 aliphatic heterocycles. The average Bonchev–Trinajstić information content (AvgIpc) is 2.22. The van der Waals surface area contributed by atoms with Crippen molar-refractivity contribution in [1.29, 1.82) is 0 Å². The van der Waals surface area contributed by atoms with E-state index in [0.29, 0.717) is 23.4 Å². The molecule has 0 aliphatic carbocycles. The molecule has 0 N–H and O–H groups in total. The van der Waals surface area contributed by atoms with Crippen LogP contribution < -0.4 is 4.90 Å². The maximum Gasteiger partial charge on any atom is 0.305 e. The van der Waals surface area contributed by atoms with Crippen LogP contribution in [0.3, 0.4) is 0 Å². The fraction of sp³-hybridized carbons (Fsp3) is 0.500. The van der Waals surface area contributed by atoms with Crippen molar-refractivity contribution in [3.63, 3.8) is 0 Å². The lowest BCUT2D eigenvalue weighted by Crippen LogP contribution is -2.48. The minimum absolute atomic E-state index is 0.170. The summed E-state index contributed by atoms with van der Waals surface area (Å²) in [6.45, 7) is 1.55. The number of hydrogen-bond donors (Lipinski definition) is 0. The van der Waals surface area contributed by atoms with Crippen LogP contribution in [0.5, 0.6) is 0 Å². The lowest BCUT2D eigenvalue weighted by molar-refractivity contribution is -0.141. The van der Waals surface area contributed by atoms with Crippen LogP contribution >= 0.6 is 11.6 Å². The summed E-state index contributed by atoms with van der Waals surface area (Å²) in [5.41, 5.74) is 0. The second kappa shape index (κ2) is 4.65. The Morgan fingerprint density at radius 3 is 3.06 bits per heavy atom. The Balaban J connectivity index is 1.86. The summed E-state index contributed by atoms with van der Waals surface area (Å²) in [6.07, 6.45) is 2.08. The molecular weight excluding hydrogens is 230 g/mol. The summed E-state index contributed by atoms with van der Waals surface area (Å²) >= 11 is 5.76. The summed E-state index contributed by atoms with van der Waals surface area (Å²) in [5.74, 6) is 0.778. The van der Waals surface area contributed by atoms with Crippen molar-refractivity contribution in [3.8, 4) is 0 Å². The molecule has 0 aromatic carbocycles. The van der Waals surface area contributed by atoms with E-state index in [1.807, 2.05) is 4.90 Å². The van der Waals surface area contributed by atoms with E-state index in [-0.39, 0.29) is 5.97 Å². The van der Waals surface area contributed by atoms with Gasteiger partial charge in [0.1, 0.15) is 5.15 Å². The SMILES string of the molecule is COC(=O)CC1CN(c2nccc(Cl)n2)C1. The van der Waals surface area contributed by atoms with Gasteiger partial charge < -0.3 is 9.64 Å². The number of nitrogens with zero attached hydrogens (tertiary/aromatic N) is 3. The number of esters is 1. The molecule has 1 aromatic rings. The second-order valence-electron chi connectivity index (χ2n) is 3.73. The highest BCUT2D eigenvalue weighted by Gasteiger charge is 2.30. The van der Waals surface area contributed by atoms with Gasteiger partial charge in [-0.1, -0.05) is 11.6 Å². The van der Waals surface area contributed by atoms with Gasteiger partial charge in [0.15, 0.2) is 0 Å². The zero-order chi connectivity index (χ0) is 11.5. The molecule has 0 radical (unpaired) electrons. The third-order valence-electron chi connectivity index (χ3n) is 2.53. The van der Waals surface area contributed by atoms with Gasteiger partial charge in [-0.3, -0.25) is 4.79 Å². The monoisotopic (exact) mass is 241 g/mol. The topological polar surface area (TPSA) is 55.3 Å². The normalized spacial score (nSPS) is 15.8. The zero-order valence-electron chi connectivity index (χ0n) is 8.89. The molecule has 2 heterocycles. The Morgan fingerprint density at radius 2 is 2.44 bits per heavy atom. The first-order valence-corrected chi connectivity index (χ1v) is 5.37. The Kier molecular flexibility index (Phi) is 3.24. The zero-order valence-corrected chi connectivity index (χ0v) is 9.65. The minimum Gasteiger partial charge on any atom is -0.469 e. The minimum atomic E-state index is -0.170. The van der Waals surface area contributed by atoms with Crippen LogP contribution in [-0.2, 0) is 9.53 Å². The maximum atomic E-state index is 11.0. The van der Waals surface area contributed by atoms with Crippen LogP contribution in [0.4, 0.5) is 5.95 Å². The standard InChI is InChI=1S/C10H12ClN3O2/c1-16-9(15)4-7-5-14(6-7)10-12-3-2-8(11)13-10/h2-3,7H,4-6H2,1H3. The molecule has 5 nitrogen and oxygen atoms in total. The van der Waals surface area contributed by atoms with Crippen molar-refractivity contribution < 1.29 is 9.53 Å². The van der Waals surface area contributed by atoms with Crippen molar-refractivity contribution in [2.75, 3.05) is 25.1 Å². The van der Waals surface area contributed by atoms with Crippen LogP contribution in [0.15, 0.2) is 12.3 Å². The second-order valence-corrected chi connectivity index (χ2v) is 4.12. The quantitative estimate of drug-likeness (QED) is 0.587. The third-order valence-corrected chi connectivity index (χ3v) is 2.74. The lowest BCUT2D eigenvalue weighted by Gasteiger charge is -2.38. The highest BCUT2D eigenvalue weighted by atomic mass is 35.5. The first kappa shape index (κ1) is 11.1. The van der Waals surface area contributed by atoms with Gasteiger partial charge in [0.2, 0.25) is 5.95 Å². The van der Waals surface area contributed by atoms with E-state index >= 15 is 0 Å². The first-order valence-electron chi connectivity index (χ1n) is 4.99. The summed E-state index contributed by atoms with van der Waals surface area (Å²) < 4.78 is 4.61. The first-order chi connectivity index (χ1) is 7.69. The van der Waals surface area contributed by atoms with E-state index in [1.165, 1.54) is 7.11 Å². The van der Waals surface area contributed by atoms with Crippen LogP contribution in [0.25, 0.3) is 0 Å². The summed E-state index contributed by atoms with van der Waals surface area (Å²) in [4.78, 5) is 21.2. The van der Waals surface area contributed by atoms with Gasteiger partial charge in [-0.05, 0) is 6.07 Å². The van der Waals surface area contributed by atoms with Crippen molar-refractivity contribution in [1.82, 2.24) is 9.97 Å².